The molecule has 2 aromatic rings. The number of carboxylic acid groups (broad SMARTS) is 1. The lowest BCUT2D eigenvalue weighted by molar-refractivity contribution is -0.147. The first kappa shape index (κ1) is 21.8. The largest absolute Gasteiger partial charge is 0.508 e. The van der Waals surface area contributed by atoms with Crippen LogP contribution in [0.3, 0.4) is 0 Å². The van der Waals surface area contributed by atoms with Crippen LogP contribution in [0.25, 0.3) is 0 Å². The van der Waals surface area contributed by atoms with E-state index in [4.69, 9.17) is 0 Å². The van der Waals surface area contributed by atoms with Gasteiger partial charge in [0, 0.05) is 36.4 Å². The summed E-state index contributed by atoms with van der Waals surface area (Å²) in [6.07, 6.45) is 0. The highest BCUT2D eigenvalue weighted by Crippen LogP contribution is 2.51. The van der Waals surface area contributed by atoms with Crippen LogP contribution in [0.15, 0.2) is 48.5 Å². The van der Waals surface area contributed by atoms with Crippen LogP contribution in [0.5, 0.6) is 5.75 Å². The molecule has 4 atom stereocenters. The normalized spacial score (nSPS) is 27.0. The summed E-state index contributed by atoms with van der Waals surface area (Å²) in [4.78, 5) is 42.2. The van der Waals surface area contributed by atoms with Crippen molar-refractivity contribution in [2.75, 3.05) is 22.9 Å². The smallest absolute Gasteiger partial charge is 0.324 e. The van der Waals surface area contributed by atoms with E-state index in [1.165, 1.54) is 6.92 Å². The minimum Gasteiger partial charge on any atom is -0.508 e. The minimum atomic E-state index is -1.66. The topological polar surface area (TPSA) is 110 Å². The number of anilines is 2. The third kappa shape index (κ3) is 3.14. The molecule has 0 bridgehead atoms. The number of rotatable bonds is 6. The van der Waals surface area contributed by atoms with E-state index in [0.717, 1.165) is 23.7 Å². The predicted octanol–water partition coefficient (Wildman–Crippen LogP) is 2.53. The Morgan fingerprint density at radius 2 is 1.75 bits per heavy atom. The van der Waals surface area contributed by atoms with Gasteiger partial charge in [0.25, 0.3) is 0 Å². The number of aliphatic carboxylic acids is 1. The van der Waals surface area contributed by atoms with Crippen molar-refractivity contribution in [2.45, 2.75) is 32.4 Å². The maximum Gasteiger partial charge on any atom is 0.324 e. The number of imide groups is 1. The average Bonchev–Trinajstić information content (AvgIpc) is 3.23. The van der Waals surface area contributed by atoms with Gasteiger partial charge in [-0.15, -0.1) is 0 Å². The first-order chi connectivity index (χ1) is 15.2. The number of para-hydroxylation sites is 1. The number of hydrogen-bond acceptors (Lipinski definition) is 6. The highest BCUT2D eigenvalue weighted by atomic mass is 16.4. The van der Waals surface area contributed by atoms with E-state index in [-0.39, 0.29) is 5.75 Å². The van der Waals surface area contributed by atoms with Gasteiger partial charge in [-0.2, -0.15) is 0 Å². The second-order valence-corrected chi connectivity index (χ2v) is 8.40. The maximum atomic E-state index is 13.5. The van der Waals surface area contributed by atoms with Gasteiger partial charge in [0.05, 0.1) is 17.5 Å². The summed E-state index contributed by atoms with van der Waals surface area (Å²) in [6, 6.07) is 12.8. The van der Waals surface area contributed by atoms with Crippen molar-refractivity contribution in [1.82, 2.24) is 5.32 Å². The molecular formula is C24H27N3O5. The third-order valence-electron chi connectivity index (χ3n) is 6.72. The van der Waals surface area contributed by atoms with Crippen LogP contribution in [0.4, 0.5) is 11.4 Å². The molecule has 0 radical (unpaired) electrons. The Hall–Kier alpha value is -3.39. The van der Waals surface area contributed by atoms with Gasteiger partial charge in [-0.3, -0.25) is 19.7 Å². The fourth-order valence-electron chi connectivity index (χ4n) is 5.01. The lowest BCUT2D eigenvalue weighted by Gasteiger charge is -2.28. The van der Waals surface area contributed by atoms with Crippen LogP contribution in [0.1, 0.15) is 32.4 Å². The van der Waals surface area contributed by atoms with Crippen molar-refractivity contribution in [3.8, 4) is 5.75 Å². The SMILES string of the molecule is CCN(CC)c1ccc([C@@H]2N[C@](C)(C(=O)O)[C@@H]3C(=O)N(c4ccccc4)C(=O)[C@H]32)c(O)c1. The van der Waals surface area contributed by atoms with Gasteiger partial charge >= 0.3 is 5.97 Å². The monoisotopic (exact) mass is 437 g/mol. The Labute approximate surface area is 186 Å². The molecule has 2 aromatic carbocycles. The quantitative estimate of drug-likeness (QED) is 0.596. The van der Waals surface area contributed by atoms with Crippen LogP contribution < -0.4 is 15.1 Å². The van der Waals surface area contributed by atoms with Crippen molar-refractivity contribution in [2.24, 2.45) is 11.8 Å². The van der Waals surface area contributed by atoms with E-state index in [1.54, 1.807) is 42.5 Å². The maximum absolute atomic E-state index is 13.5. The Balaban J connectivity index is 1.79. The number of amides is 2. The number of phenolic OH excluding ortho intramolecular Hbond substituents is 1. The van der Waals surface area contributed by atoms with Crippen LogP contribution >= 0.6 is 0 Å². The van der Waals surface area contributed by atoms with Crippen molar-refractivity contribution >= 4 is 29.2 Å². The second-order valence-electron chi connectivity index (χ2n) is 8.40. The number of aromatic hydroxyl groups is 1. The molecule has 2 aliphatic rings. The summed E-state index contributed by atoms with van der Waals surface area (Å²) < 4.78 is 0. The van der Waals surface area contributed by atoms with E-state index < -0.39 is 41.2 Å². The number of phenols is 1. The minimum absolute atomic E-state index is 0.0429. The third-order valence-corrected chi connectivity index (χ3v) is 6.72. The molecule has 168 valence electrons. The summed E-state index contributed by atoms with van der Waals surface area (Å²) in [7, 11) is 0. The number of hydrogen-bond donors (Lipinski definition) is 3. The Bertz CT molecular complexity index is 1070. The van der Waals surface area contributed by atoms with Gasteiger partial charge in [-0.1, -0.05) is 24.3 Å². The molecule has 8 heteroatoms. The van der Waals surface area contributed by atoms with Gasteiger partial charge in [-0.25, -0.2) is 4.90 Å². The van der Waals surface area contributed by atoms with Gasteiger partial charge in [-0.05, 0) is 39.0 Å². The number of carboxylic acids is 1. The number of carbonyl (C=O) groups excluding carboxylic acids is 2. The average molecular weight is 437 g/mol. The molecule has 4 rings (SSSR count). The molecule has 32 heavy (non-hydrogen) atoms. The molecule has 0 unspecified atom stereocenters. The van der Waals surface area contributed by atoms with Crippen LogP contribution in [0.2, 0.25) is 0 Å². The molecule has 2 aliphatic heterocycles. The zero-order valence-electron chi connectivity index (χ0n) is 18.3. The van der Waals surface area contributed by atoms with Gasteiger partial charge in [0.1, 0.15) is 11.3 Å². The Morgan fingerprint density at radius 1 is 1.09 bits per heavy atom. The molecule has 0 aromatic heterocycles. The summed E-state index contributed by atoms with van der Waals surface area (Å²) in [5.74, 6) is -4.33. The molecular weight excluding hydrogens is 410 g/mol. The van der Waals surface area contributed by atoms with Crippen LogP contribution in [-0.2, 0) is 14.4 Å². The highest BCUT2D eigenvalue weighted by Gasteiger charge is 2.67. The predicted molar refractivity (Wildman–Crippen MR) is 120 cm³/mol. The van der Waals surface area contributed by atoms with E-state index in [1.807, 2.05) is 19.9 Å². The summed E-state index contributed by atoms with van der Waals surface area (Å²) in [5.41, 5.74) is -0.0248. The first-order valence-electron chi connectivity index (χ1n) is 10.8. The van der Waals surface area contributed by atoms with E-state index in [2.05, 4.69) is 10.2 Å². The molecule has 2 amide bonds. The zero-order chi connectivity index (χ0) is 23.2. The lowest BCUT2D eigenvalue weighted by Crippen LogP contribution is -2.53. The van der Waals surface area contributed by atoms with Crippen molar-refractivity contribution in [3.05, 3.63) is 54.1 Å². The molecule has 2 heterocycles. The summed E-state index contributed by atoms with van der Waals surface area (Å²) >= 11 is 0. The fraction of sp³-hybridized carbons (Fsp3) is 0.375. The molecule has 0 saturated carbocycles. The van der Waals surface area contributed by atoms with Crippen LogP contribution in [-0.4, -0.2) is 46.6 Å². The number of carbonyl (C=O) groups is 3. The summed E-state index contributed by atoms with van der Waals surface area (Å²) in [5, 5.41) is 23.8. The van der Waals surface area contributed by atoms with Gasteiger partial charge in [0.2, 0.25) is 11.8 Å². The fourth-order valence-corrected chi connectivity index (χ4v) is 5.01. The number of nitrogens with one attached hydrogen (secondary N) is 1. The summed E-state index contributed by atoms with van der Waals surface area (Å²) in [6.45, 7) is 6.97. The molecule has 0 aliphatic carbocycles. The number of benzene rings is 2. The number of fused-ring (bicyclic) bond motifs is 1. The number of nitrogens with zero attached hydrogens (tertiary/aromatic N) is 2. The first-order valence-corrected chi connectivity index (χ1v) is 10.8. The highest BCUT2D eigenvalue weighted by molar-refractivity contribution is 6.24. The molecule has 3 N–H and O–H groups in total. The van der Waals surface area contributed by atoms with Crippen LogP contribution in [0, 0.1) is 11.8 Å². The Morgan fingerprint density at radius 3 is 2.31 bits per heavy atom. The molecule has 2 saturated heterocycles. The van der Waals surface area contributed by atoms with Crippen molar-refractivity contribution in [1.29, 1.82) is 0 Å². The second kappa shape index (κ2) is 7.94. The Kier molecular flexibility index (Phi) is 5.42. The van der Waals surface area contributed by atoms with E-state index in [9.17, 15) is 24.6 Å². The van der Waals surface area contributed by atoms with Crippen molar-refractivity contribution < 1.29 is 24.6 Å². The van der Waals surface area contributed by atoms with E-state index >= 15 is 0 Å². The standard InChI is InChI=1S/C24H27N3O5/c1-4-26(5-2)15-11-12-16(17(28)13-15)20-18-19(24(3,25-20)23(31)32)22(30)27(21(18)29)14-9-7-6-8-10-14/h6-13,18-20,25,28H,4-5H2,1-3H3,(H,31,32)/t18-,19+,20+,24+/m1/s1. The molecule has 2 fully saturated rings. The van der Waals surface area contributed by atoms with E-state index in [0.29, 0.717) is 11.3 Å². The van der Waals surface area contributed by atoms with Gasteiger partial charge in [0.15, 0.2) is 0 Å². The van der Waals surface area contributed by atoms with Crippen molar-refractivity contribution in [3.63, 3.8) is 0 Å². The lowest BCUT2D eigenvalue weighted by atomic mass is 9.80. The van der Waals surface area contributed by atoms with Gasteiger partial charge < -0.3 is 15.1 Å². The molecule has 0 spiro atoms. The zero-order valence-corrected chi connectivity index (χ0v) is 18.3. The molecule has 8 nitrogen and oxygen atoms in total.